The van der Waals surface area contributed by atoms with Crippen molar-refractivity contribution >= 4 is 39.8 Å². The maximum Gasteiger partial charge on any atom is 0.311 e. The van der Waals surface area contributed by atoms with Gasteiger partial charge < -0.3 is 16.4 Å². The molecule has 11 heteroatoms. The van der Waals surface area contributed by atoms with Crippen molar-refractivity contribution in [3.05, 3.63) is 77.2 Å². The summed E-state index contributed by atoms with van der Waals surface area (Å²) in [4.78, 5) is 28.0. The van der Waals surface area contributed by atoms with E-state index in [9.17, 15) is 10.1 Å². The van der Waals surface area contributed by atoms with E-state index in [1.54, 1.807) is 12.4 Å². The topological polar surface area (TPSA) is 149 Å². The van der Waals surface area contributed by atoms with Crippen LogP contribution < -0.4 is 16.4 Å². The van der Waals surface area contributed by atoms with E-state index in [1.165, 1.54) is 12.1 Å². The van der Waals surface area contributed by atoms with Crippen LogP contribution >= 0.6 is 0 Å². The predicted molar refractivity (Wildman–Crippen MR) is 126 cm³/mol. The molecule has 0 bridgehead atoms. The molecule has 164 valence electrons. The zero-order valence-corrected chi connectivity index (χ0v) is 17.3. The van der Waals surface area contributed by atoms with Crippen molar-refractivity contribution in [3.8, 4) is 11.3 Å². The largest absolute Gasteiger partial charge is 0.378 e. The van der Waals surface area contributed by atoms with Crippen LogP contribution in [0.15, 0.2) is 67.1 Å². The zero-order valence-electron chi connectivity index (χ0n) is 17.3. The number of fused-ring (bicyclic) bond motifs is 2. The monoisotopic (exact) mass is 441 g/mol. The van der Waals surface area contributed by atoms with Crippen LogP contribution in [0, 0.1) is 10.1 Å². The molecule has 5 aromatic rings. The molecule has 0 atom stereocenters. The van der Waals surface area contributed by atoms with Crippen LogP contribution in [0.25, 0.3) is 27.8 Å². The van der Waals surface area contributed by atoms with E-state index in [0.29, 0.717) is 24.9 Å². The first kappa shape index (κ1) is 20.1. The lowest BCUT2D eigenvalue weighted by Gasteiger charge is -2.12. The van der Waals surface area contributed by atoms with Crippen molar-refractivity contribution in [1.82, 2.24) is 24.3 Å². The maximum atomic E-state index is 10.9. The van der Waals surface area contributed by atoms with Crippen LogP contribution in [0.3, 0.4) is 0 Å². The van der Waals surface area contributed by atoms with E-state index >= 15 is 0 Å². The molecule has 33 heavy (non-hydrogen) atoms. The molecule has 4 aromatic heterocycles. The molecule has 0 unspecified atom stereocenters. The molecule has 0 radical (unpaired) electrons. The second-order valence-electron chi connectivity index (χ2n) is 7.25. The predicted octanol–water partition coefficient (Wildman–Crippen LogP) is 3.35. The average molecular weight is 441 g/mol. The molecule has 4 heterocycles. The highest BCUT2D eigenvalue weighted by Gasteiger charge is 2.13. The number of anilines is 3. The lowest BCUT2D eigenvalue weighted by Crippen LogP contribution is -2.17. The van der Waals surface area contributed by atoms with Crippen LogP contribution in [0.5, 0.6) is 0 Å². The van der Waals surface area contributed by atoms with Gasteiger partial charge in [0.1, 0.15) is 11.5 Å². The summed E-state index contributed by atoms with van der Waals surface area (Å²) < 4.78 is 1.86. The summed E-state index contributed by atoms with van der Waals surface area (Å²) in [6.45, 7) is 1.00. The van der Waals surface area contributed by atoms with Gasteiger partial charge in [-0.1, -0.05) is 18.2 Å². The summed E-state index contributed by atoms with van der Waals surface area (Å²) in [5, 5.41) is 18.3. The standard InChI is InChI=1S/C22H19N9O2/c23-21-18(31(32)33)5-6-19(29-21)24-7-8-26-22-28-17(12-20-25-9-10-30(20)22)15-11-14-3-1-2-4-16(14)27-13-15/h1-6,9-13H,7-8H2,(H,26,28)(H3,23,24,29). The second kappa shape index (κ2) is 8.38. The summed E-state index contributed by atoms with van der Waals surface area (Å²) in [5.41, 5.74) is 8.76. The Hall–Kier alpha value is -4.80. The van der Waals surface area contributed by atoms with E-state index in [-0.39, 0.29) is 11.5 Å². The van der Waals surface area contributed by atoms with Crippen molar-refractivity contribution in [2.75, 3.05) is 29.5 Å². The number of nitrogens with zero attached hydrogens (tertiary/aromatic N) is 6. The van der Waals surface area contributed by atoms with E-state index in [0.717, 1.165) is 27.8 Å². The number of nitro groups is 1. The van der Waals surface area contributed by atoms with Gasteiger partial charge in [0.15, 0.2) is 0 Å². The highest BCUT2D eigenvalue weighted by molar-refractivity contribution is 5.83. The Morgan fingerprint density at radius 3 is 2.73 bits per heavy atom. The molecule has 0 amide bonds. The third-order valence-corrected chi connectivity index (χ3v) is 5.09. The van der Waals surface area contributed by atoms with Gasteiger partial charge in [-0.3, -0.25) is 19.5 Å². The fraction of sp³-hybridized carbons (Fsp3) is 0.0909. The van der Waals surface area contributed by atoms with E-state index in [4.69, 9.17) is 10.7 Å². The number of benzene rings is 1. The minimum Gasteiger partial charge on any atom is -0.378 e. The maximum absolute atomic E-state index is 10.9. The molecular weight excluding hydrogens is 422 g/mol. The van der Waals surface area contributed by atoms with E-state index in [1.807, 2.05) is 40.9 Å². The number of hydrogen-bond donors (Lipinski definition) is 3. The number of nitrogen functional groups attached to an aromatic ring is 1. The first-order valence-electron chi connectivity index (χ1n) is 10.2. The van der Waals surface area contributed by atoms with Crippen LogP contribution in [0.4, 0.5) is 23.3 Å². The van der Waals surface area contributed by atoms with Crippen molar-refractivity contribution in [2.24, 2.45) is 0 Å². The Morgan fingerprint density at radius 1 is 1.03 bits per heavy atom. The number of rotatable bonds is 7. The van der Waals surface area contributed by atoms with Crippen molar-refractivity contribution in [3.63, 3.8) is 0 Å². The van der Waals surface area contributed by atoms with Crippen molar-refractivity contribution in [1.29, 1.82) is 0 Å². The van der Waals surface area contributed by atoms with E-state index < -0.39 is 4.92 Å². The van der Waals surface area contributed by atoms with Gasteiger partial charge in [0, 0.05) is 54.8 Å². The molecule has 4 N–H and O–H groups in total. The minimum absolute atomic E-state index is 0.128. The molecule has 0 aliphatic carbocycles. The fourth-order valence-electron chi connectivity index (χ4n) is 3.49. The third-order valence-electron chi connectivity index (χ3n) is 5.09. The second-order valence-corrected chi connectivity index (χ2v) is 7.25. The Balaban J connectivity index is 1.33. The summed E-state index contributed by atoms with van der Waals surface area (Å²) in [6.07, 6.45) is 5.35. The number of nitrogens with two attached hydrogens (primary N) is 1. The molecule has 5 rings (SSSR count). The molecule has 0 fully saturated rings. The molecule has 11 nitrogen and oxygen atoms in total. The third kappa shape index (κ3) is 4.06. The zero-order chi connectivity index (χ0) is 22.8. The van der Waals surface area contributed by atoms with Gasteiger partial charge in [-0.15, -0.1) is 0 Å². The highest BCUT2D eigenvalue weighted by Crippen LogP contribution is 2.24. The van der Waals surface area contributed by atoms with Crippen LogP contribution in [-0.4, -0.2) is 42.3 Å². The van der Waals surface area contributed by atoms with Gasteiger partial charge in [0.25, 0.3) is 0 Å². The summed E-state index contributed by atoms with van der Waals surface area (Å²) in [6, 6.07) is 14.7. The smallest absolute Gasteiger partial charge is 0.311 e. The Labute approximate surface area is 187 Å². The molecule has 0 saturated carbocycles. The molecule has 1 aromatic carbocycles. The van der Waals surface area contributed by atoms with Crippen molar-refractivity contribution in [2.45, 2.75) is 0 Å². The number of pyridine rings is 2. The Kier molecular flexibility index (Phi) is 5.11. The number of imidazole rings is 1. The number of nitrogens with one attached hydrogen (secondary N) is 2. The lowest BCUT2D eigenvalue weighted by molar-refractivity contribution is -0.384. The average Bonchev–Trinajstić information content (AvgIpc) is 3.30. The summed E-state index contributed by atoms with van der Waals surface area (Å²) in [7, 11) is 0. The van der Waals surface area contributed by atoms with Gasteiger partial charge in [-0.2, -0.15) is 0 Å². The molecule has 0 aliphatic rings. The van der Waals surface area contributed by atoms with Crippen LogP contribution in [0.1, 0.15) is 0 Å². The Morgan fingerprint density at radius 2 is 1.88 bits per heavy atom. The lowest BCUT2D eigenvalue weighted by atomic mass is 10.1. The molecule has 0 spiro atoms. The molecule has 0 saturated heterocycles. The summed E-state index contributed by atoms with van der Waals surface area (Å²) in [5.74, 6) is 0.958. The van der Waals surface area contributed by atoms with Gasteiger partial charge in [-0.05, 0) is 18.2 Å². The SMILES string of the molecule is Nc1nc(NCCNc2nc(-c3cnc4ccccc4c3)cc3nccn23)ccc1[N+](=O)[O-]. The van der Waals surface area contributed by atoms with Gasteiger partial charge >= 0.3 is 5.69 Å². The number of aromatic nitrogens is 5. The fourth-order valence-corrected chi connectivity index (χ4v) is 3.49. The van der Waals surface area contributed by atoms with Crippen LogP contribution in [0.2, 0.25) is 0 Å². The Bertz CT molecular complexity index is 1480. The molecule has 0 aliphatic heterocycles. The highest BCUT2D eigenvalue weighted by atomic mass is 16.6. The van der Waals surface area contributed by atoms with Crippen molar-refractivity contribution < 1.29 is 4.92 Å². The number of hydrogen-bond acceptors (Lipinski definition) is 9. The number of para-hydroxylation sites is 1. The van der Waals surface area contributed by atoms with Gasteiger partial charge in [0.05, 0.1) is 16.1 Å². The van der Waals surface area contributed by atoms with Gasteiger partial charge in [0.2, 0.25) is 11.8 Å². The van der Waals surface area contributed by atoms with Crippen LogP contribution in [-0.2, 0) is 0 Å². The summed E-state index contributed by atoms with van der Waals surface area (Å²) >= 11 is 0. The molecular formula is C22H19N9O2. The first-order valence-corrected chi connectivity index (χ1v) is 10.2. The minimum atomic E-state index is -0.562. The normalized spacial score (nSPS) is 11.0. The quantitative estimate of drug-likeness (QED) is 0.196. The first-order chi connectivity index (χ1) is 16.1. The van der Waals surface area contributed by atoms with Gasteiger partial charge in [-0.25, -0.2) is 15.0 Å². The van der Waals surface area contributed by atoms with E-state index in [2.05, 4.69) is 31.7 Å².